The van der Waals surface area contributed by atoms with Crippen LogP contribution in [0.15, 0.2) is 42.9 Å². The van der Waals surface area contributed by atoms with Crippen molar-refractivity contribution in [3.63, 3.8) is 0 Å². The Morgan fingerprint density at radius 2 is 2.09 bits per heavy atom. The van der Waals surface area contributed by atoms with E-state index in [1.807, 2.05) is 28.9 Å². The first-order valence-corrected chi connectivity index (χ1v) is 7.35. The van der Waals surface area contributed by atoms with Crippen LogP contribution < -0.4 is 5.32 Å². The van der Waals surface area contributed by atoms with Crippen LogP contribution in [0.25, 0.3) is 17.2 Å². The SMILES string of the molecule is Cl.Cl.c1cc(CC2CCNC2)nc(-c2cnc3ncccn23)c1. The van der Waals surface area contributed by atoms with Gasteiger partial charge in [0, 0.05) is 18.1 Å². The molecule has 23 heavy (non-hydrogen) atoms. The molecule has 3 aromatic rings. The Morgan fingerprint density at radius 1 is 1.17 bits per heavy atom. The fourth-order valence-corrected chi connectivity index (χ4v) is 2.94. The van der Waals surface area contributed by atoms with Crippen LogP contribution in [0.3, 0.4) is 0 Å². The Balaban J connectivity index is 0.000000960. The van der Waals surface area contributed by atoms with Crippen molar-refractivity contribution in [3.05, 3.63) is 48.5 Å². The van der Waals surface area contributed by atoms with E-state index < -0.39 is 0 Å². The number of pyridine rings is 1. The predicted octanol–water partition coefficient (Wildman–Crippen LogP) is 2.79. The van der Waals surface area contributed by atoms with Crippen molar-refractivity contribution in [2.75, 3.05) is 13.1 Å². The highest BCUT2D eigenvalue weighted by Gasteiger charge is 2.16. The van der Waals surface area contributed by atoms with Gasteiger partial charge in [-0.25, -0.2) is 9.97 Å². The van der Waals surface area contributed by atoms with Crippen LogP contribution in [0.2, 0.25) is 0 Å². The molecule has 1 aliphatic rings. The summed E-state index contributed by atoms with van der Waals surface area (Å²) in [7, 11) is 0. The molecule has 1 unspecified atom stereocenters. The van der Waals surface area contributed by atoms with Crippen molar-refractivity contribution in [2.24, 2.45) is 5.92 Å². The zero-order valence-electron chi connectivity index (χ0n) is 12.6. The van der Waals surface area contributed by atoms with Gasteiger partial charge in [0.15, 0.2) is 0 Å². The third kappa shape index (κ3) is 3.63. The molecule has 0 radical (unpaired) electrons. The highest BCUT2D eigenvalue weighted by Crippen LogP contribution is 2.20. The van der Waals surface area contributed by atoms with E-state index in [-0.39, 0.29) is 24.8 Å². The van der Waals surface area contributed by atoms with Crippen LogP contribution in [0, 0.1) is 5.92 Å². The van der Waals surface area contributed by atoms with Gasteiger partial charge in [-0.2, -0.15) is 0 Å². The molecule has 0 saturated carbocycles. The second-order valence-corrected chi connectivity index (χ2v) is 5.51. The molecule has 1 atom stereocenters. The zero-order valence-corrected chi connectivity index (χ0v) is 14.2. The molecule has 0 bridgehead atoms. The van der Waals surface area contributed by atoms with Gasteiger partial charge >= 0.3 is 0 Å². The predicted molar refractivity (Wildman–Crippen MR) is 95.4 cm³/mol. The number of halogens is 2. The zero-order chi connectivity index (χ0) is 14.1. The molecule has 1 N–H and O–H groups in total. The maximum absolute atomic E-state index is 4.81. The van der Waals surface area contributed by atoms with Gasteiger partial charge in [0.1, 0.15) is 0 Å². The molecular weight excluding hydrogens is 333 g/mol. The van der Waals surface area contributed by atoms with Crippen LogP contribution in [0.4, 0.5) is 0 Å². The first-order valence-electron chi connectivity index (χ1n) is 7.35. The van der Waals surface area contributed by atoms with E-state index in [4.69, 9.17) is 4.98 Å². The van der Waals surface area contributed by atoms with Gasteiger partial charge in [-0.15, -0.1) is 24.8 Å². The third-order valence-corrected chi connectivity index (χ3v) is 4.02. The minimum Gasteiger partial charge on any atom is -0.316 e. The van der Waals surface area contributed by atoms with E-state index >= 15 is 0 Å². The van der Waals surface area contributed by atoms with E-state index in [2.05, 4.69) is 27.4 Å². The molecule has 3 aromatic heterocycles. The summed E-state index contributed by atoms with van der Waals surface area (Å²) in [6.45, 7) is 2.23. The minimum atomic E-state index is 0. The molecule has 0 spiro atoms. The van der Waals surface area contributed by atoms with Gasteiger partial charge in [-0.05, 0) is 50.0 Å². The first kappa shape index (κ1) is 17.7. The lowest BCUT2D eigenvalue weighted by molar-refractivity contribution is 0.572. The Morgan fingerprint density at radius 3 is 2.91 bits per heavy atom. The van der Waals surface area contributed by atoms with E-state index in [1.54, 1.807) is 6.20 Å². The minimum absolute atomic E-state index is 0. The lowest BCUT2D eigenvalue weighted by Crippen LogP contribution is -2.11. The second kappa shape index (κ2) is 7.73. The van der Waals surface area contributed by atoms with Crippen LogP contribution in [0.1, 0.15) is 12.1 Å². The largest absolute Gasteiger partial charge is 0.316 e. The molecule has 0 aliphatic carbocycles. The first-order chi connectivity index (χ1) is 10.4. The van der Waals surface area contributed by atoms with Gasteiger partial charge in [-0.3, -0.25) is 9.38 Å². The number of hydrogen-bond donors (Lipinski definition) is 1. The Hall–Kier alpha value is -1.69. The van der Waals surface area contributed by atoms with Gasteiger partial charge in [0.25, 0.3) is 0 Å². The van der Waals surface area contributed by atoms with Crippen molar-refractivity contribution in [3.8, 4) is 11.4 Å². The van der Waals surface area contributed by atoms with Gasteiger partial charge < -0.3 is 5.32 Å². The van der Waals surface area contributed by atoms with Crippen molar-refractivity contribution < 1.29 is 0 Å². The van der Waals surface area contributed by atoms with E-state index in [9.17, 15) is 0 Å². The summed E-state index contributed by atoms with van der Waals surface area (Å²) in [5.41, 5.74) is 3.10. The number of rotatable bonds is 3. The molecule has 1 fully saturated rings. The third-order valence-electron chi connectivity index (χ3n) is 4.02. The van der Waals surface area contributed by atoms with Crippen molar-refractivity contribution in [2.45, 2.75) is 12.8 Å². The summed E-state index contributed by atoms with van der Waals surface area (Å²) in [6.07, 6.45) is 7.84. The molecule has 5 nitrogen and oxygen atoms in total. The van der Waals surface area contributed by atoms with Crippen LogP contribution >= 0.6 is 24.8 Å². The van der Waals surface area contributed by atoms with Crippen molar-refractivity contribution in [1.82, 2.24) is 24.7 Å². The van der Waals surface area contributed by atoms with Crippen molar-refractivity contribution in [1.29, 1.82) is 0 Å². The average Bonchev–Trinajstić information content (AvgIpc) is 3.16. The quantitative estimate of drug-likeness (QED) is 0.788. The Bertz CT molecular complexity index is 768. The Kier molecular flexibility index (Phi) is 5.93. The molecule has 7 heteroatoms. The van der Waals surface area contributed by atoms with Crippen LogP contribution in [0.5, 0.6) is 0 Å². The molecule has 4 rings (SSSR count). The fraction of sp³-hybridized carbons (Fsp3) is 0.312. The standard InChI is InChI=1S/C16H17N5.2ClH/c1-3-13(9-12-5-7-17-10-12)20-14(4-1)15-11-19-16-18-6-2-8-21(15)16;;/h1-4,6,8,11-12,17H,5,7,9-10H2;2*1H. The summed E-state index contributed by atoms with van der Waals surface area (Å²) >= 11 is 0. The number of imidazole rings is 1. The molecule has 0 amide bonds. The highest BCUT2D eigenvalue weighted by atomic mass is 35.5. The van der Waals surface area contributed by atoms with Crippen LogP contribution in [-0.4, -0.2) is 32.4 Å². The summed E-state index contributed by atoms with van der Waals surface area (Å²) in [5.74, 6) is 1.41. The number of nitrogens with one attached hydrogen (secondary N) is 1. The maximum atomic E-state index is 4.81. The summed E-state index contributed by atoms with van der Waals surface area (Å²) in [4.78, 5) is 13.4. The molecular formula is C16H19Cl2N5. The van der Waals surface area contributed by atoms with Gasteiger partial charge in [-0.1, -0.05) is 6.07 Å². The maximum Gasteiger partial charge on any atom is 0.234 e. The molecule has 122 valence electrons. The topological polar surface area (TPSA) is 55.1 Å². The molecule has 0 aromatic carbocycles. The fourth-order valence-electron chi connectivity index (χ4n) is 2.94. The smallest absolute Gasteiger partial charge is 0.234 e. The summed E-state index contributed by atoms with van der Waals surface area (Å²) < 4.78 is 1.98. The number of fused-ring (bicyclic) bond motifs is 1. The molecule has 4 heterocycles. The summed E-state index contributed by atoms with van der Waals surface area (Å²) in [5, 5.41) is 3.41. The van der Waals surface area contributed by atoms with Gasteiger partial charge in [0.2, 0.25) is 5.78 Å². The monoisotopic (exact) mass is 351 g/mol. The molecule has 1 saturated heterocycles. The summed E-state index contributed by atoms with van der Waals surface area (Å²) in [6, 6.07) is 8.14. The van der Waals surface area contributed by atoms with E-state index in [1.165, 1.54) is 6.42 Å². The van der Waals surface area contributed by atoms with Gasteiger partial charge in [0.05, 0.1) is 17.6 Å². The van der Waals surface area contributed by atoms with Crippen molar-refractivity contribution >= 4 is 30.6 Å². The van der Waals surface area contributed by atoms with Crippen LogP contribution in [-0.2, 0) is 6.42 Å². The molecule has 1 aliphatic heterocycles. The normalized spacial score (nSPS) is 16.8. The lowest BCUT2D eigenvalue weighted by atomic mass is 10.0. The second-order valence-electron chi connectivity index (χ2n) is 5.51. The number of aromatic nitrogens is 4. The lowest BCUT2D eigenvalue weighted by Gasteiger charge is -2.08. The highest BCUT2D eigenvalue weighted by molar-refractivity contribution is 5.85. The number of hydrogen-bond acceptors (Lipinski definition) is 4. The van der Waals surface area contributed by atoms with E-state index in [0.29, 0.717) is 11.7 Å². The Labute approximate surface area is 147 Å². The van der Waals surface area contributed by atoms with E-state index in [0.717, 1.165) is 36.6 Å². The number of nitrogens with zero attached hydrogens (tertiary/aromatic N) is 4. The average molecular weight is 352 g/mol.